The fourth-order valence-corrected chi connectivity index (χ4v) is 2.89. The van der Waals surface area contributed by atoms with Crippen molar-refractivity contribution in [3.8, 4) is 5.75 Å². The van der Waals surface area contributed by atoms with Crippen LogP contribution in [0.1, 0.15) is 6.92 Å². The van der Waals surface area contributed by atoms with Gasteiger partial charge in [0.2, 0.25) is 0 Å². The summed E-state index contributed by atoms with van der Waals surface area (Å²) in [6.07, 6.45) is 1.78. The summed E-state index contributed by atoms with van der Waals surface area (Å²) >= 11 is 12.1. The molecule has 1 aromatic heterocycles. The van der Waals surface area contributed by atoms with Gasteiger partial charge < -0.3 is 14.7 Å². The first-order chi connectivity index (χ1) is 12.5. The molecule has 3 rings (SSSR count). The number of aliphatic hydroxyl groups excluding tert-OH is 1. The molecule has 0 aliphatic rings. The third-order valence-corrected chi connectivity index (χ3v) is 4.32. The van der Waals surface area contributed by atoms with Gasteiger partial charge in [0.1, 0.15) is 11.9 Å². The maximum atomic E-state index is 11.0. The lowest BCUT2D eigenvalue weighted by Gasteiger charge is -2.34. The smallest absolute Gasteiger partial charge is 0.168 e. The highest BCUT2D eigenvalue weighted by Gasteiger charge is 2.26. The zero-order valence-electron chi connectivity index (χ0n) is 14.1. The minimum atomic E-state index is -0.963. The zero-order valence-corrected chi connectivity index (χ0v) is 15.6. The Hall–Kier alpha value is -2.27. The SMILES string of the molecule is C[C@H](Oc1cccnc1)[C@H](O)N(c1ccc(Cl)cc1)c1cccc(Cl)c1. The van der Waals surface area contributed by atoms with Gasteiger partial charge in [-0.05, 0) is 61.5 Å². The Morgan fingerprint density at radius 1 is 0.962 bits per heavy atom. The molecule has 0 fully saturated rings. The van der Waals surface area contributed by atoms with Crippen LogP contribution in [0.4, 0.5) is 11.4 Å². The molecular weight excluding hydrogens is 371 g/mol. The molecule has 0 radical (unpaired) electrons. The predicted octanol–water partition coefficient (Wildman–Crippen LogP) is 5.31. The summed E-state index contributed by atoms with van der Waals surface area (Å²) in [7, 11) is 0. The van der Waals surface area contributed by atoms with Gasteiger partial charge in [-0.15, -0.1) is 0 Å². The van der Waals surface area contributed by atoms with Crippen LogP contribution in [0, 0.1) is 0 Å². The number of hydrogen-bond acceptors (Lipinski definition) is 4. The molecule has 0 spiro atoms. The molecule has 6 heteroatoms. The van der Waals surface area contributed by atoms with Gasteiger partial charge in [0.15, 0.2) is 6.23 Å². The average Bonchev–Trinajstić information content (AvgIpc) is 2.64. The predicted molar refractivity (Wildman–Crippen MR) is 105 cm³/mol. The molecule has 0 saturated heterocycles. The molecule has 4 nitrogen and oxygen atoms in total. The first-order valence-electron chi connectivity index (χ1n) is 8.10. The summed E-state index contributed by atoms with van der Waals surface area (Å²) in [5.74, 6) is 0.584. The van der Waals surface area contributed by atoms with Gasteiger partial charge in [-0.3, -0.25) is 4.98 Å². The molecule has 0 unspecified atom stereocenters. The monoisotopic (exact) mass is 388 g/mol. The van der Waals surface area contributed by atoms with E-state index in [0.29, 0.717) is 15.8 Å². The molecule has 3 aromatic rings. The Labute approximate surface area is 162 Å². The Bertz CT molecular complexity index is 844. The number of nitrogens with zero attached hydrogens (tertiary/aromatic N) is 2. The molecule has 2 aromatic carbocycles. The van der Waals surface area contributed by atoms with Gasteiger partial charge >= 0.3 is 0 Å². The number of rotatable bonds is 6. The van der Waals surface area contributed by atoms with Gasteiger partial charge in [0.05, 0.1) is 6.20 Å². The van der Waals surface area contributed by atoms with Crippen LogP contribution in [0.3, 0.4) is 0 Å². The van der Waals surface area contributed by atoms with Crippen molar-refractivity contribution in [1.29, 1.82) is 0 Å². The maximum Gasteiger partial charge on any atom is 0.168 e. The fraction of sp³-hybridized carbons (Fsp3) is 0.150. The number of aliphatic hydroxyl groups is 1. The second-order valence-electron chi connectivity index (χ2n) is 5.75. The fourth-order valence-electron chi connectivity index (χ4n) is 2.58. The number of pyridine rings is 1. The summed E-state index contributed by atoms with van der Waals surface area (Å²) in [6.45, 7) is 1.80. The van der Waals surface area contributed by atoms with E-state index in [0.717, 1.165) is 11.4 Å². The molecule has 0 amide bonds. The minimum absolute atomic E-state index is 0.533. The summed E-state index contributed by atoms with van der Waals surface area (Å²) in [5.41, 5.74) is 1.51. The highest BCUT2D eigenvalue weighted by molar-refractivity contribution is 6.31. The quantitative estimate of drug-likeness (QED) is 0.580. The zero-order chi connectivity index (χ0) is 18.5. The third kappa shape index (κ3) is 4.47. The van der Waals surface area contributed by atoms with Crippen LogP contribution in [0.15, 0.2) is 73.1 Å². The number of halogens is 2. The van der Waals surface area contributed by atoms with Crippen molar-refractivity contribution in [2.45, 2.75) is 19.3 Å². The van der Waals surface area contributed by atoms with Crippen molar-refractivity contribution in [3.63, 3.8) is 0 Å². The summed E-state index contributed by atoms with van der Waals surface area (Å²) in [6, 6.07) is 18.1. The van der Waals surface area contributed by atoms with Gasteiger partial charge in [-0.2, -0.15) is 0 Å². The van der Waals surface area contributed by atoms with Crippen LogP contribution in [-0.2, 0) is 0 Å². The Kier molecular flexibility index (Phi) is 5.99. The number of aromatic nitrogens is 1. The lowest BCUT2D eigenvalue weighted by atomic mass is 10.2. The standard InChI is InChI=1S/C20H18Cl2N2O2/c1-14(26-19-6-3-11-23-13-19)20(25)24(17-9-7-15(21)8-10-17)18-5-2-4-16(22)12-18/h2-14,20,25H,1H3/t14-,20-/m0/s1. The van der Waals surface area contributed by atoms with Crippen LogP contribution >= 0.6 is 23.2 Å². The summed E-state index contributed by atoms with van der Waals surface area (Å²) in [4.78, 5) is 5.78. The van der Waals surface area contributed by atoms with Crippen molar-refractivity contribution in [1.82, 2.24) is 4.98 Å². The number of hydrogen-bond donors (Lipinski definition) is 1. The van der Waals surface area contributed by atoms with E-state index in [2.05, 4.69) is 4.98 Å². The van der Waals surface area contributed by atoms with E-state index in [1.165, 1.54) is 0 Å². The van der Waals surface area contributed by atoms with Crippen LogP contribution < -0.4 is 9.64 Å². The maximum absolute atomic E-state index is 11.0. The number of benzene rings is 2. The highest BCUT2D eigenvalue weighted by atomic mass is 35.5. The van der Waals surface area contributed by atoms with Crippen molar-refractivity contribution in [2.75, 3.05) is 4.90 Å². The summed E-state index contributed by atoms with van der Waals surface area (Å²) in [5, 5.41) is 12.2. The Morgan fingerprint density at radius 2 is 1.73 bits per heavy atom. The molecule has 0 aliphatic carbocycles. The molecule has 0 bridgehead atoms. The molecule has 26 heavy (non-hydrogen) atoms. The van der Waals surface area contributed by atoms with Crippen molar-refractivity contribution >= 4 is 34.6 Å². The van der Waals surface area contributed by atoms with Crippen LogP contribution in [0.25, 0.3) is 0 Å². The largest absolute Gasteiger partial charge is 0.484 e. The molecule has 0 aliphatic heterocycles. The molecule has 1 heterocycles. The Morgan fingerprint density at radius 3 is 2.38 bits per heavy atom. The third-order valence-electron chi connectivity index (χ3n) is 3.83. The van der Waals surface area contributed by atoms with E-state index in [1.54, 1.807) is 60.6 Å². The lowest BCUT2D eigenvalue weighted by molar-refractivity contribution is 0.0518. The highest BCUT2D eigenvalue weighted by Crippen LogP contribution is 2.31. The van der Waals surface area contributed by atoms with Crippen LogP contribution in [-0.4, -0.2) is 22.4 Å². The average molecular weight is 389 g/mol. The van der Waals surface area contributed by atoms with E-state index < -0.39 is 12.3 Å². The first kappa shape index (κ1) is 18.5. The second-order valence-corrected chi connectivity index (χ2v) is 6.62. The van der Waals surface area contributed by atoms with E-state index in [1.807, 2.05) is 24.3 Å². The van der Waals surface area contributed by atoms with Crippen molar-refractivity contribution in [2.24, 2.45) is 0 Å². The van der Waals surface area contributed by atoms with Gasteiger partial charge in [-0.1, -0.05) is 29.3 Å². The topological polar surface area (TPSA) is 45.6 Å². The molecule has 1 N–H and O–H groups in total. The molecule has 0 saturated carbocycles. The van der Waals surface area contributed by atoms with E-state index in [4.69, 9.17) is 27.9 Å². The summed E-state index contributed by atoms with van der Waals surface area (Å²) < 4.78 is 5.84. The van der Waals surface area contributed by atoms with Crippen molar-refractivity contribution in [3.05, 3.63) is 83.1 Å². The van der Waals surface area contributed by atoms with Crippen molar-refractivity contribution < 1.29 is 9.84 Å². The van der Waals surface area contributed by atoms with Gasteiger partial charge in [0.25, 0.3) is 0 Å². The minimum Gasteiger partial charge on any atom is -0.484 e. The molecular formula is C20H18Cl2N2O2. The molecule has 2 atom stereocenters. The first-order valence-corrected chi connectivity index (χ1v) is 8.85. The van der Waals surface area contributed by atoms with Gasteiger partial charge in [-0.25, -0.2) is 0 Å². The van der Waals surface area contributed by atoms with Crippen LogP contribution in [0.5, 0.6) is 5.75 Å². The second kappa shape index (κ2) is 8.41. The molecule has 134 valence electrons. The van der Waals surface area contributed by atoms with Crippen LogP contribution in [0.2, 0.25) is 10.0 Å². The van der Waals surface area contributed by atoms with E-state index >= 15 is 0 Å². The van der Waals surface area contributed by atoms with E-state index in [9.17, 15) is 5.11 Å². The normalized spacial score (nSPS) is 13.1. The lowest BCUT2D eigenvalue weighted by Crippen LogP contribution is -2.42. The van der Waals surface area contributed by atoms with Gasteiger partial charge in [0, 0.05) is 27.6 Å². The number of anilines is 2. The Balaban J connectivity index is 1.92. The number of ether oxygens (including phenoxy) is 1. The van der Waals surface area contributed by atoms with E-state index in [-0.39, 0.29) is 0 Å².